The van der Waals surface area contributed by atoms with Crippen molar-refractivity contribution in [3.8, 4) is 0 Å². The van der Waals surface area contributed by atoms with Gasteiger partial charge in [-0.05, 0) is 6.07 Å². The summed E-state index contributed by atoms with van der Waals surface area (Å²) in [7, 11) is 0. The van der Waals surface area contributed by atoms with Gasteiger partial charge >= 0.3 is 5.97 Å². The summed E-state index contributed by atoms with van der Waals surface area (Å²) in [5, 5.41) is 9.46. The van der Waals surface area contributed by atoms with Crippen LogP contribution in [-0.2, 0) is 9.59 Å². The summed E-state index contributed by atoms with van der Waals surface area (Å²) in [6, 6.07) is 6.45. The molecule has 2 atom stereocenters. The normalized spacial score (nSPS) is 22.5. The molecule has 1 amide bonds. The Hall–Kier alpha value is -1.20. The number of benzene rings is 1. The van der Waals surface area contributed by atoms with Crippen molar-refractivity contribution in [2.45, 2.75) is 24.8 Å². The smallest absolute Gasteiger partial charge is 0.327 e. The van der Waals surface area contributed by atoms with E-state index in [1.807, 2.05) is 18.2 Å². The number of thioether (sulfide) groups is 1. The van der Waals surface area contributed by atoms with Crippen molar-refractivity contribution in [2.24, 2.45) is 0 Å². The molecule has 0 spiro atoms. The maximum Gasteiger partial charge on any atom is 0.327 e. The second kappa shape index (κ2) is 5.84. The van der Waals surface area contributed by atoms with Crippen molar-refractivity contribution in [1.82, 2.24) is 4.90 Å². The van der Waals surface area contributed by atoms with Gasteiger partial charge in [-0.3, -0.25) is 4.79 Å². The quantitative estimate of drug-likeness (QED) is 0.932. The van der Waals surface area contributed by atoms with Gasteiger partial charge in [0.1, 0.15) is 11.4 Å². The Morgan fingerprint density at radius 1 is 1.47 bits per heavy atom. The molecule has 2 rings (SSSR count). The molecule has 1 aromatic carbocycles. The highest BCUT2D eigenvalue weighted by Crippen LogP contribution is 2.43. The van der Waals surface area contributed by atoms with Crippen LogP contribution in [0.3, 0.4) is 0 Å². The molecule has 1 aliphatic rings. The lowest BCUT2D eigenvalue weighted by Crippen LogP contribution is -2.42. The Kier molecular flexibility index (Phi) is 4.37. The van der Waals surface area contributed by atoms with Crippen molar-refractivity contribution < 1.29 is 14.7 Å². The first kappa shape index (κ1) is 14.2. The van der Waals surface area contributed by atoms with Gasteiger partial charge in [0.2, 0.25) is 5.91 Å². The van der Waals surface area contributed by atoms with Crippen molar-refractivity contribution in [1.29, 1.82) is 0 Å². The van der Waals surface area contributed by atoms with Gasteiger partial charge in [0.15, 0.2) is 0 Å². The SMILES string of the molecule is CCC(=O)N1C(C(=O)O)CSC1c1ccccc1Cl. The van der Waals surface area contributed by atoms with Crippen molar-refractivity contribution in [3.63, 3.8) is 0 Å². The summed E-state index contributed by atoms with van der Waals surface area (Å²) in [5.74, 6) is -0.747. The molecule has 19 heavy (non-hydrogen) atoms. The molecule has 6 heteroatoms. The topological polar surface area (TPSA) is 57.6 Å². The van der Waals surface area contributed by atoms with Gasteiger partial charge in [0.05, 0.1) is 0 Å². The first-order chi connectivity index (χ1) is 9.06. The Balaban J connectivity index is 2.37. The fraction of sp³-hybridized carbons (Fsp3) is 0.385. The van der Waals surface area contributed by atoms with Gasteiger partial charge in [0.25, 0.3) is 0 Å². The van der Waals surface area contributed by atoms with E-state index in [0.29, 0.717) is 10.8 Å². The van der Waals surface area contributed by atoms with Gasteiger partial charge in [-0.1, -0.05) is 36.7 Å². The minimum absolute atomic E-state index is 0.165. The molecule has 0 saturated carbocycles. The number of aliphatic carboxylic acids is 1. The minimum Gasteiger partial charge on any atom is -0.480 e. The highest BCUT2D eigenvalue weighted by atomic mass is 35.5. The summed E-state index contributed by atoms with van der Waals surface area (Å²) in [4.78, 5) is 24.7. The molecule has 0 aliphatic carbocycles. The lowest BCUT2D eigenvalue weighted by atomic mass is 10.1. The molecule has 2 unspecified atom stereocenters. The standard InChI is InChI=1S/C13H14ClNO3S/c1-2-11(16)15-10(13(17)18)7-19-12(15)8-5-3-4-6-9(8)14/h3-6,10,12H,2,7H2,1H3,(H,17,18). The van der Waals surface area contributed by atoms with Gasteiger partial charge < -0.3 is 10.0 Å². The number of rotatable bonds is 3. The second-order valence-electron chi connectivity index (χ2n) is 4.22. The van der Waals surface area contributed by atoms with E-state index in [4.69, 9.17) is 11.6 Å². The summed E-state index contributed by atoms with van der Waals surface area (Å²) in [6.45, 7) is 1.73. The molecular weight excluding hydrogens is 286 g/mol. The second-order valence-corrected chi connectivity index (χ2v) is 5.74. The number of hydrogen-bond acceptors (Lipinski definition) is 3. The molecule has 1 heterocycles. The van der Waals surface area contributed by atoms with Crippen molar-refractivity contribution >= 4 is 35.2 Å². The molecule has 1 aliphatic heterocycles. The third kappa shape index (κ3) is 2.72. The van der Waals surface area contributed by atoms with Gasteiger partial charge in [-0.2, -0.15) is 0 Å². The zero-order valence-electron chi connectivity index (χ0n) is 10.4. The monoisotopic (exact) mass is 299 g/mol. The van der Waals surface area contributed by atoms with Crippen LogP contribution in [0.15, 0.2) is 24.3 Å². The molecule has 1 fully saturated rings. The highest BCUT2D eigenvalue weighted by Gasteiger charge is 2.42. The number of carboxylic acids is 1. The van der Waals surface area contributed by atoms with Crippen LogP contribution in [0, 0.1) is 0 Å². The molecule has 1 saturated heterocycles. The zero-order chi connectivity index (χ0) is 14.0. The summed E-state index contributed by atoms with van der Waals surface area (Å²) < 4.78 is 0. The van der Waals surface area contributed by atoms with Crippen LogP contribution in [0.2, 0.25) is 5.02 Å². The van der Waals surface area contributed by atoms with Gasteiger partial charge in [-0.25, -0.2) is 4.79 Å². The van der Waals surface area contributed by atoms with Crippen LogP contribution in [0.1, 0.15) is 24.3 Å². The number of hydrogen-bond donors (Lipinski definition) is 1. The van der Waals surface area contributed by atoms with Crippen LogP contribution in [0.4, 0.5) is 0 Å². The lowest BCUT2D eigenvalue weighted by molar-refractivity contribution is -0.149. The predicted octanol–water partition coefficient (Wildman–Crippen LogP) is 2.78. The number of amides is 1. The largest absolute Gasteiger partial charge is 0.480 e. The van der Waals surface area contributed by atoms with Gasteiger partial charge in [0, 0.05) is 22.8 Å². The van der Waals surface area contributed by atoms with E-state index < -0.39 is 12.0 Å². The van der Waals surface area contributed by atoms with E-state index >= 15 is 0 Å². The van der Waals surface area contributed by atoms with Crippen LogP contribution < -0.4 is 0 Å². The molecule has 102 valence electrons. The van der Waals surface area contributed by atoms with E-state index in [-0.39, 0.29) is 17.7 Å². The first-order valence-electron chi connectivity index (χ1n) is 5.96. The third-order valence-corrected chi connectivity index (χ3v) is 4.70. The lowest BCUT2D eigenvalue weighted by Gasteiger charge is -2.27. The average Bonchev–Trinajstić information content (AvgIpc) is 2.83. The van der Waals surface area contributed by atoms with Crippen molar-refractivity contribution in [3.05, 3.63) is 34.9 Å². The van der Waals surface area contributed by atoms with E-state index in [1.54, 1.807) is 13.0 Å². The Morgan fingerprint density at radius 3 is 2.74 bits per heavy atom. The summed E-state index contributed by atoms with van der Waals surface area (Å²) in [6.07, 6.45) is 0.283. The number of halogens is 1. The number of carbonyl (C=O) groups excluding carboxylic acids is 1. The predicted molar refractivity (Wildman–Crippen MR) is 75.2 cm³/mol. The fourth-order valence-electron chi connectivity index (χ4n) is 2.10. The third-order valence-electron chi connectivity index (χ3n) is 3.05. The Bertz CT molecular complexity index is 508. The summed E-state index contributed by atoms with van der Waals surface area (Å²) >= 11 is 7.58. The fourth-order valence-corrected chi connectivity index (χ4v) is 3.88. The van der Waals surface area contributed by atoms with Crippen LogP contribution in [0.5, 0.6) is 0 Å². The minimum atomic E-state index is -0.969. The average molecular weight is 300 g/mol. The molecule has 1 N–H and O–H groups in total. The zero-order valence-corrected chi connectivity index (χ0v) is 11.9. The van der Waals surface area contributed by atoms with Gasteiger partial charge in [-0.15, -0.1) is 11.8 Å². The van der Waals surface area contributed by atoms with E-state index in [2.05, 4.69) is 0 Å². The molecule has 1 aromatic rings. The Morgan fingerprint density at radius 2 is 2.16 bits per heavy atom. The van der Waals surface area contributed by atoms with E-state index in [9.17, 15) is 14.7 Å². The molecule has 4 nitrogen and oxygen atoms in total. The first-order valence-corrected chi connectivity index (χ1v) is 7.39. The van der Waals surface area contributed by atoms with Crippen LogP contribution >= 0.6 is 23.4 Å². The maximum atomic E-state index is 12.0. The van der Waals surface area contributed by atoms with E-state index in [1.165, 1.54) is 16.7 Å². The maximum absolute atomic E-state index is 12.0. The number of carboxylic acid groups (broad SMARTS) is 1. The Labute approximate surface area is 120 Å². The molecule has 0 aromatic heterocycles. The molecule has 0 radical (unpaired) electrons. The van der Waals surface area contributed by atoms with E-state index in [0.717, 1.165) is 5.56 Å². The summed E-state index contributed by atoms with van der Waals surface area (Å²) in [5.41, 5.74) is 0.791. The van der Waals surface area contributed by atoms with Crippen LogP contribution in [0.25, 0.3) is 0 Å². The number of nitrogens with zero attached hydrogens (tertiary/aromatic N) is 1. The van der Waals surface area contributed by atoms with Crippen molar-refractivity contribution in [2.75, 3.05) is 5.75 Å². The number of carbonyl (C=O) groups is 2. The van der Waals surface area contributed by atoms with Crippen LogP contribution in [-0.4, -0.2) is 33.7 Å². The highest BCUT2D eigenvalue weighted by molar-refractivity contribution is 7.99. The molecular formula is C13H14ClNO3S. The molecule has 0 bridgehead atoms.